The third-order valence-corrected chi connectivity index (χ3v) is 3.13. The van der Waals surface area contributed by atoms with Crippen LogP contribution in [0.5, 0.6) is 0 Å². The molecule has 0 aromatic rings. The molecule has 1 rings (SSSR count). The van der Waals surface area contributed by atoms with Crippen molar-refractivity contribution in [1.29, 1.82) is 0 Å². The van der Waals surface area contributed by atoms with Crippen LogP contribution in [0.1, 0.15) is 19.3 Å². The minimum absolute atomic E-state index is 0.111. The number of halogens is 1. The maximum atomic E-state index is 11.2. The summed E-state index contributed by atoms with van der Waals surface area (Å²) in [7, 11) is 0. The van der Waals surface area contributed by atoms with Crippen molar-refractivity contribution in [2.75, 3.05) is 12.0 Å². The highest BCUT2D eigenvalue weighted by Gasteiger charge is 2.26. The predicted octanol–water partition coefficient (Wildman–Crippen LogP) is 1.63. The van der Waals surface area contributed by atoms with Gasteiger partial charge in [-0.05, 0) is 25.5 Å². The third kappa shape index (κ3) is 2.87. The van der Waals surface area contributed by atoms with Gasteiger partial charge in [0.15, 0.2) is 0 Å². The third-order valence-electron chi connectivity index (χ3n) is 2.05. The molecule has 0 aliphatic heterocycles. The fourth-order valence-corrected chi connectivity index (χ4v) is 2.15. The second-order valence-corrected chi connectivity index (χ2v) is 4.48. The minimum Gasteiger partial charge on any atom is -0.351 e. The number of amides is 1. The van der Waals surface area contributed by atoms with E-state index in [-0.39, 0.29) is 17.3 Å². The summed E-state index contributed by atoms with van der Waals surface area (Å²) < 4.78 is 0. The second kappa shape index (κ2) is 4.97. The van der Waals surface area contributed by atoms with Gasteiger partial charge >= 0.3 is 0 Å². The van der Waals surface area contributed by atoms with E-state index in [4.69, 9.17) is 11.6 Å². The van der Waals surface area contributed by atoms with E-state index in [0.717, 1.165) is 19.3 Å². The number of carbonyl (C=O) groups excluding carboxylic acids is 1. The lowest BCUT2D eigenvalue weighted by molar-refractivity contribution is -0.119. The van der Waals surface area contributed by atoms with Gasteiger partial charge in [0.2, 0.25) is 5.91 Å². The summed E-state index contributed by atoms with van der Waals surface area (Å²) in [5.74, 6) is 0.653. The van der Waals surface area contributed by atoms with Crippen LogP contribution in [0.3, 0.4) is 0 Å². The lowest BCUT2D eigenvalue weighted by Crippen LogP contribution is -2.38. The summed E-state index contributed by atoms with van der Waals surface area (Å²) in [6.45, 7) is 0. The Morgan fingerprint density at radius 2 is 2.42 bits per heavy atom. The van der Waals surface area contributed by atoms with Crippen LogP contribution < -0.4 is 5.32 Å². The second-order valence-electron chi connectivity index (χ2n) is 3.05. The van der Waals surface area contributed by atoms with Gasteiger partial charge in [-0.1, -0.05) is 0 Å². The van der Waals surface area contributed by atoms with Crippen LogP contribution in [0.2, 0.25) is 0 Å². The topological polar surface area (TPSA) is 29.1 Å². The van der Waals surface area contributed by atoms with Crippen molar-refractivity contribution >= 4 is 29.3 Å². The van der Waals surface area contributed by atoms with Crippen LogP contribution >= 0.6 is 23.4 Å². The summed E-state index contributed by atoms with van der Waals surface area (Å²) in [6.07, 6.45) is 5.13. The quantitative estimate of drug-likeness (QED) is 0.713. The summed E-state index contributed by atoms with van der Waals surface area (Å²) in [4.78, 5) is 11.2. The molecule has 70 valence electrons. The summed E-state index contributed by atoms with van der Waals surface area (Å²) in [5.41, 5.74) is 0. The molecule has 2 nitrogen and oxygen atoms in total. The Labute approximate surface area is 82.4 Å². The molecule has 1 amide bonds. The van der Waals surface area contributed by atoms with E-state index >= 15 is 0 Å². The first-order valence-electron chi connectivity index (χ1n) is 4.16. The van der Waals surface area contributed by atoms with Gasteiger partial charge in [0.1, 0.15) is 0 Å². The first kappa shape index (κ1) is 10.2. The highest BCUT2D eigenvalue weighted by Crippen LogP contribution is 2.23. The van der Waals surface area contributed by atoms with Crippen LogP contribution in [-0.2, 0) is 4.79 Å². The number of alkyl halides is 1. The minimum atomic E-state index is 0.111. The van der Waals surface area contributed by atoms with Crippen molar-refractivity contribution in [1.82, 2.24) is 5.32 Å². The molecule has 2 atom stereocenters. The zero-order valence-corrected chi connectivity index (χ0v) is 8.75. The van der Waals surface area contributed by atoms with E-state index < -0.39 is 0 Å². The highest BCUT2D eigenvalue weighted by atomic mass is 35.5. The van der Waals surface area contributed by atoms with Gasteiger partial charge in [-0.15, -0.1) is 11.6 Å². The Morgan fingerprint density at radius 1 is 1.67 bits per heavy atom. The lowest BCUT2D eigenvalue weighted by atomic mass is 10.2. The Morgan fingerprint density at radius 3 is 2.92 bits per heavy atom. The maximum absolute atomic E-state index is 11.2. The Kier molecular flexibility index (Phi) is 4.22. The van der Waals surface area contributed by atoms with Gasteiger partial charge in [-0.3, -0.25) is 4.79 Å². The Hall–Kier alpha value is 0.110. The van der Waals surface area contributed by atoms with Gasteiger partial charge in [0, 0.05) is 6.04 Å². The van der Waals surface area contributed by atoms with Gasteiger partial charge in [-0.25, -0.2) is 0 Å². The SMILES string of the molecule is CSCC(=O)NC1CCCC1Cl. The molecule has 1 N–H and O–H groups in total. The molecule has 0 saturated heterocycles. The van der Waals surface area contributed by atoms with Gasteiger partial charge in [-0.2, -0.15) is 11.8 Å². The molecule has 0 bridgehead atoms. The zero-order chi connectivity index (χ0) is 8.97. The molecule has 1 aliphatic carbocycles. The van der Waals surface area contributed by atoms with Crippen molar-refractivity contribution in [3.8, 4) is 0 Å². The largest absolute Gasteiger partial charge is 0.351 e. The van der Waals surface area contributed by atoms with E-state index in [1.165, 1.54) is 11.8 Å². The molecule has 1 saturated carbocycles. The molecule has 1 fully saturated rings. The zero-order valence-electron chi connectivity index (χ0n) is 7.18. The van der Waals surface area contributed by atoms with Crippen LogP contribution in [0, 0.1) is 0 Å². The Balaban J connectivity index is 2.25. The number of carbonyl (C=O) groups is 1. The first-order valence-corrected chi connectivity index (χ1v) is 5.99. The van der Waals surface area contributed by atoms with E-state index in [2.05, 4.69) is 5.32 Å². The molecular formula is C8H14ClNOS. The summed E-state index contributed by atoms with van der Waals surface area (Å²) in [6, 6.07) is 0.214. The molecule has 0 spiro atoms. The first-order chi connectivity index (χ1) is 5.74. The van der Waals surface area contributed by atoms with Crippen LogP contribution in [0.25, 0.3) is 0 Å². The van der Waals surface area contributed by atoms with Crippen molar-refractivity contribution in [3.63, 3.8) is 0 Å². The molecule has 2 unspecified atom stereocenters. The van der Waals surface area contributed by atoms with Crippen molar-refractivity contribution in [3.05, 3.63) is 0 Å². The van der Waals surface area contributed by atoms with E-state index in [9.17, 15) is 4.79 Å². The lowest BCUT2D eigenvalue weighted by Gasteiger charge is -2.14. The normalized spacial score (nSPS) is 28.8. The average Bonchev–Trinajstić information content (AvgIpc) is 2.37. The number of thioether (sulfide) groups is 1. The van der Waals surface area contributed by atoms with E-state index in [0.29, 0.717) is 5.75 Å². The molecular weight excluding hydrogens is 194 g/mol. The van der Waals surface area contributed by atoms with Crippen molar-refractivity contribution in [2.45, 2.75) is 30.7 Å². The van der Waals surface area contributed by atoms with Crippen LogP contribution in [-0.4, -0.2) is 29.3 Å². The summed E-state index contributed by atoms with van der Waals surface area (Å²) in [5, 5.41) is 3.09. The number of nitrogens with one attached hydrogen (secondary N) is 1. The van der Waals surface area contributed by atoms with Crippen molar-refractivity contribution in [2.24, 2.45) is 0 Å². The molecule has 0 aromatic carbocycles. The molecule has 0 heterocycles. The van der Waals surface area contributed by atoms with Gasteiger partial charge in [0.25, 0.3) is 0 Å². The standard InChI is InChI=1S/C8H14ClNOS/c1-12-5-8(11)10-7-4-2-3-6(7)9/h6-7H,2-5H2,1H3,(H,10,11). The van der Waals surface area contributed by atoms with Gasteiger partial charge < -0.3 is 5.32 Å². The number of hydrogen-bond acceptors (Lipinski definition) is 2. The number of hydrogen-bond donors (Lipinski definition) is 1. The average molecular weight is 208 g/mol. The molecule has 0 radical (unpaired) electrons. The maximum Gasteiger partial charge on any atom is 0.230 e. The molecule has 4 heteroatoms. The Bertz CT molecular complexity index is 165. The summed E-state index contributed by atoms with van der Waals surface area (Å²) >= 11 is 7.54. The van der Waals surface area contributed by atoms with E-state index in [1.807, 2.05) is 6.26 Å². The molecule has 0 aromatic heterocycles. The number of rotatable bonds is 3. The van der Waals surface area contributed by atoms with Crippen molar-refractivity contribution < 1.29 is 4.79 Å². The molecule has 12 heavy (non-hydrogen) atoms. The fraction of sp³-hybridized carbons (Fsp3) is 0.875. The highest BCUT2D eigenvalue weighted by molar-refractivity contribution is 7.99. The van der Waals surface area contributed by atoms with Gasteiger partial charge in [0.05, 0.1) is 11.1 Å². The van der Waals surface area contributed by atoms with Crippen LogP contribution in [0.4, 0.5) is 0 Å². The van der Waals surface area contributed by atoms with Crippen LogP contribution in [0.15, 0.2) is 0 Å². The fourth-order valence-electron chi connectivity index (χ4n) is 1.46. The predicted molar refractivity (Wildman–Crippen MR) is 53.8 cm³/mol. The smallest absolute Gasteiger partial charge is 0.230 e. The molecule has 1 aliphatic rings. The monoisotopic (exact) mass is 207 g/mol. The van der Waals surface area contributed by atoms with E-state index in [1.54, 1.807) is 0 Å².